The average molecular weight is 1360 g/mol. The van der Waals surface area contributed by atoms with E-state index in [-0.39, 0.29) is 32.2 Å². The van der Waals surface area contributed by atoms with Gasteiger partial charge in [0, 0.05) is 12.8 Å². The Balaban J connectivity index is 3.91. The minimum Gasteiger partial charge on any atom is -0.545 e. The summed E-state index contributed by atoms with van der Waals surface area (Å²) in [7, 11) is 5.96. The van der Waals surface area contributed by atoms with Crippen LogP contribution in [0.3, 0.4) is 0 Å². The van der Waals surface area contributed by atoms with Crippen LogP contribution in [0.2, 0.25) is 0 Å². The summed E-state index contributed by atoms with van der Waals surface area (Å²) >= 11 is 0. The lowest BCUT2D eigenvalue weighted by atomic mass is 10.0. The van der Waals surface area contributed by atoms with Crippen LogP contribution in [-0.2, 0) is 33.3 Å². The Morgan fingerprint density at radius 3 is 0.823 bits per heavy atom. The Hall–Kier alpha value is -2.23. The van der Waals surface area contributed by atoms with Crippen molar-refractivity contribution in [1.82, 2.24) is 0 Å². The molecule has 0 saturated heterocycles. The molecule has 0 saturated carbocycles. The van der Waals surface area contributed by atoms with Crippen molar-refractivity contribution in [3.05, 3.63) is 24.3 Å². The molecule has 0 aromatic heterocycles. The molecule has 0 aliphatic carbocycles. The molecule has 96 heavy (non-hydrogen) atoms. The van der Waals surface area contributed by atoms with Crippen molar-refractivity contribution < 1.29 is 42.9 Å². The van der Waals surface area contributed by atoms with Gasteiger partial charge in [-0.15, -0.1) is 0 Å². The first kappa shape index (κ1) is 93.8. The van der Waals surface area contributed by atoms with Gasteiger partial charge in [0.15, 0.2) is 12.4 Å². The summed E-state index contributed by atoms with van der Waals surface area (Å²) in [5, 5.41) is 11.9. The zero-order valence-electron chi connectivity index (χ0n) is 65.3. The second-order valence-corrected chi connectivity index (χ2v) is 30.8. The Bertz CT molecular complexity index is 1630. The van der Waals surface area contributed by atoms with Crippen LogP contribution in [0.15, 0.2) is 24.3 Å². The summed E-state index contributed by atoms with van der Waals surface area (Å²) in [6, 6.07) is 0. The first-order chi connectivity index (χ1) is 47.1. The third kappa shape index (κ3) is 79.1. The number of quaternary nitrogens is 1. The fourth-order valence-corrected chi connectivity index (χ4v) is 13.4. The largest absolute Gasteiger partial charge is 0.545 e. The molecule has 568 valence electrons. The normalized spacial score (nSPS) is 12.6. The number of rotatable bonds is 82. The molecule has 0 bridgehead atoms. The molecule has 0 aliphatic rings. The minimum atomic E-state index is -1.62. The van der Waals surface area contributed by atoms with Crippen molar-refractivity contribution in [3.8, 4) is 0 Å². The third-order valence-electron chi connectivity index (χ3n) is 20.0. The fourth-order valence-electron chi connectivity index (χ4n) is 13.4. The van der Waals surface area contributed by atoms with E-state index in [1.165, 1.54) is 385 Å². The quantitative estimate of drug-likeness (QED) is 0.0195. The van der Waals surface area contributed by atoms with E-state index < -0.39 is 24.3 Å². The molecule has 9 heteroatoms. The average Bonchev–Trinajstić information content (AvgIpc) is 2.40. The molecule has 0 amide bonds. The molecular weight excluding hydrogens is 1190 g/mol. The second kappa shape index (κ2) is 78.5. The van der Waals surface area contributed by atoms with Crippen LogP contribution in [0.25, 0.3) is 0 Å². The lowest BCUT2D eigenvalue weighted by Gasteiger charge is -2.26. The monoisotopic (exact) mass is 1350 g/mol. The molecule has 0 fully saturated rings. The number of nitrogens with zero attached hydrogens (tertiary/aromatic N) is 1. The number of carbonyl (C=O) groups excluding carboxylic acids is 3. The van der Waals surface area contributed by atoms with Crippen LogP contribution in [-0.4, -0.2) is 82.3 Å². The van der Waals surface area contributed by atoms with Gasteiger partial charge in [0.2, 0.25) is 0 Å². The molecular formula is C87H167NO8. The molecule has 0 aromatic carbocycles. The van der Waals surface area contributed by atoms with E-state index in [1.807, 2.05) is 21.1 Å². The number of hydrogen-bond donors (Lipinski definition) is 0. The van der Waals surface area contributed by atoms with E-state index in [0.717, 1.165) is 44.9 Å². The zero-order chi connectivity index (χ0) is 69.7. The topological polar surface area (TPSA) is 111 Å². The smallest absolute Gasteiger partial charge is 0.306 e. The number of carboxylic acids is 1. The van der Waals surface area contributed by atoms with Gasteiger partial charge in [0.05, 0.1) is 40.3 Å². The highest BCUT2D eigenvalue weighted by Crippen LogP contribution is 2.21. The van der Waals surface area contributed by atoms with Crippen molar-refractivity contribution in [2.75, 3.05) is 47.5 Å². The standard InChI is InChI=1S/C87H167NO8/c1-6-8-10-12-14-16-18-20-22-24-26-28-30-32-34-36-38-40-41-42-43-44-45-46-48-50-52-54-56-58-60-62-64-66-68-70-72-74-76-78-85(90)96-83(82-95-87(86(91)92)93-80-79-88(3,4)5)81-94-84(89)77-75-73-71-69-67-65-63-61-59-57-55-53-51-49-47-39-37-35-33-31-29-27-25-23-21-19-17-15-13-11-9-7-2/h18,20,24,26,83,87H,6-17,19,21-23,25,27-82H2,1-5H3/b20-18-,26-24-. The number of carbonyl (C=O) groups is 3. The van der Waals surface area contributed by atoms with Crippen LogP contribution in [0.5, 0.6) is 0 Å². The van der Waals surface area contributed by atoms with Crippen molar-refractivity contribution in [1.29, 1.82) is 0 Å². The van der Waals surface area contributed by atoms with Gasteiger partial charge in [0.25, 0.3) is 0 Å². The maximum absolute atomic E-state index is 13.0. The van der Waals surface area contributed by atoms with Gasteiger partial charge < -0.3 is 33.3 Å². The van der Waals surface area contributed by atoms with E-state index in [0.29, 0.717) is 17.4 Å². The van der Waals surface area contributed by atoms with Crippen LogP contribution in [0, 0.1) is 0 Å². The lowest BCUT2D eigenvalue weighted by molar-refractivity contribution is -0.870. The van der Waals surface area contributed by atoms with E-state index in [9.17, 15) is 19.5 Å². The van der Waals surface area contributed by atoms with Gasteiger partial charge in [-0.05, 0) is 44.9 Å². The number of unbranched alkanes of at least 4 members (excludes halogenated alkanes) is 63. The van der Waals surface area contributed by atoms with Gasteiger partial charge in [0.1, 0.15) is 13.2 Å². The number of esters is 2. The van der Waals surface area contributed by atoms with Gasteiger partial charge in [-0.3, -0.25) is 9.59 Å². The summed E-state index contributed by atoms with van der Waals surface area (Å²) in [6.07, 6.45) is 97.7. The number of aliphatic carboxylic acids is 1. The number of allylic oxidation sites excluding steroid dienone is 4. The summed E-state index contributed by atoms with van der Waals surface area (Å²) in [5.41, 5.74) is 0. The Morgan fingerprint density at radius 1 is 0.312 bits per heavy atom. The highest BCUT2D eigenvalue weighted by molar-refractivity contribution is 5.70. The third-order valence-corrected chi connectivity index (χ3v) is 20.0. The number of carboxylic acid groups (broad SMARTS) is 1. The summed E-state index contributed by atoms with van der Waals surface area (Å²) < 4.78 is 22.9. The molecule has 0 spiro atoms. The molecule has 0 rings (SSSR count). The van der Waals surface area contributed by atoms with Crippen molar-refractivity contribution in [2.24, 2.45) is 0 Å². The molecule has 0 aliphatic heterocycles. The summed E-state index contributed by atoms with van der Waals surface area (Å²) in [4.78, 5) is 37.6. The van der Waals surface area contributed by atoms with Gasteiger partial charge in [-0.2, -0.15) is 0 Å². The van der Waals surface area contributed by atoms with E-state index >= 15 is 0 Å². The fraction of sp³-hybridized carbons (Fsp3) is 0.920. The Morgan fingerprint density at radius 2 is 0.562 bits per heavy atom. The lowest BCUT2D eigenvalue weighted by Crippen LogP contribution is -2.44. The Labute approximate surface area is 598 Å². The van der Waals surface area contributed by atoms with Gasteiger partial charge in [-0.1, -0.05) is 423 Å². The first-order valence-electron chi connectivity index (χ1n) is 43.0. The number of hydrogen-bond acceptors (Lipinski definition) is 8. The second-order valence-electron chi connectivity index (χ2n) is 30.8. The van der Waals surface area contributed by atoms with Gasteiger partial charge >= 0.3 is 11.9 Å². The molecule has 0 aromatic rings. The highest BCUT2D eigenvalue weighted by atomic mass is 16.7. The summed E-state index contributed by atoms with van der Waals surface area (Å²) in [5.74, 6) is -2.24. The maximum atomic E-state index is 13.0. The Kier molecular flexibility index (Phi) is 76.7. The molecule has 0 heterocycles. The molecule has 9 nitrogen and oxygen atoms in total. The van der Waals surface area contributed by atoms with Crippen molar-refractivity contribution in [2.45, 2.75) is 469 Å². The molecule has 0 radical (unpaired) electrons. The van der Waals surface area contributed by atoms with Crippen molar-refractivity contribution >= 4 is 17.9 Å². The van der Waals surface area contributed by atoms with E-state index in [2.05, 4.69) is 38.2 Å². The minimum absolute atomic E-state index is 0.153. The highest BCUT2D eigenvalue weighted by Gasteiger charge is 2.22. The zero-order valence-corrected chi connectivity index (χ0v) is 65.3. The van der Waals surface area contributed by atoms with Crippen LogP contribution >= 0.6 is 0 Å². The van der Waals surface area contributed by atoms with E-state index in [4.69, 9.17) is 18.9 Å². The number of ether oxygens (including phenoxy) is 4. The molecule has 2 unspecified atom stereocenters. The predicted octanol–water partition coefficient (Wildman–Crippen LogP) is 26.3. The molecule has 2 atom stereocenters. The molecule has 0 N–H and O–H groups in total. The van der Waals surface area contributed by atoms with Crippen molar-refractivity contribution in [3.63, 3.8) is 0 Å². The summed E-state index contributed by atoms with van der Waals surface area (Å²) in [6.45, 7) is 4.84. The van der Waals surface area contributed by atoms with Crippen LogP contribution < -0.4 is 5.11 Å². The number of likely N-dealkylation sites (N-methyl/N-ethyl adjacent to an activating group) is 1. The predicted molar refractivity (Wildman–Crippen MR) is 413 cm³/mol. The maximum Gasteiger partial charge on any atom is 0.306 e. The van der Waals surface area contributed by atoms with Crippen LogP contribution in [0.1, 0.15) is 457 Å². The SMILES string of the molecule is CCCCCCC/C=C\C/C=C\CCCCCCCCCCCCCCCCCCCCCCCCCCCCCC(=O)OC(COC(=O)CCCCCCCCCCCCCCCCCCCCCCCCCCCCCCCCCC)COC(OCC[N+](C)(C)C)C(=O)[O-]. The van der Waals surface area contributed by atoms with E-state index in [1.54, 1.807) is 0 Å². The van der Waals surface area contributed by atoms with Crippen LogP contribution in [0.4, 0.5) is 0 Å². The van der Waals surface area contributed by atoms with Gasteiger partial charge in [-0.25, -0.2) is 0 Å². The first-order valence-corrected chi connectivity index (χ1v) is 43.0.